The molecule has 0 saturated heterocycles. The van der Waals surface area contributed by atoms with Gasteiger partial charge in [-0.15, -0.1) is 0 Å². The van der Waals surface area contributed by atoms with Crippen LogP contribution in [0.2, 0.25) is 0 Å². The molecule has 0 aliphatic carbocycles. The number of hydrogen-bond donors (Lipinski definition) is 0. The molecule has 0 aliphatic rings. The quantitative estimate of drug-likeness (QED) is 0.437. The van der Waals surface area contributed by atoms with E-state index >= 15 is 0 Å². The summed E-state index contributed by atoms with van der Waals surface area (Å²) >= 11 is 9.69. The van der Waals surface area contributed by atoms with Crippen molar-refractivity contribution in [1.29, 1.82) is 0 Å². The van der Waals surface area contributed by atoms with Crippen LogP contribution in [0.4, 0.5) is 5.69 Å². The third-order valence-electron chi connectivity index (χ3n) is 1.43. The van der Waals surface area contributed by atoms with Crippen LogP contribution in [-0.2, 0) is 11.2 Å². The van der Waals surface area contributed by atoms with Crippen molar-refractivity contribution in [1.82, 2.24) is 0 Å². The van der Waals surface area contributed by atoms with Crippen molar-refractivity contribution in [2.75, 3.05) is 0 Å². The Kier molecular flexibility index (Phi) is 3.77. The van der Waals surface area contributed by atoms with Crippen LogP contribution < -0.4 is 0 Å². The maximum absolute atomic E-state index is 10.6. The normalized spacial score (nSPS) is 9.00. The summed E-state index contributed by atoms with van der Waals surface area (Å²) in [6, 6.07) is 7.13. The van der Waals surface area contributed by atoms with Crippen molar-refractivity contribution in [2.45, 2.75) is 6.42 Å². The number of benzene rings is 1. The number of hydrogen-bond acceptors (Lipinski definition) is 3. The molecule has 4 heteroatoms. The molecule has 0 fully saturated rings. The Hall–Kier alpha value is -1.02. The van der Waals surface area contributed by atoms with Crippen LogP contribution in [0.15, 0.2) is 29.3 Å². The second-order valence-electron chi connectivity index (χ2n) is 2.40. The Morgan fingerprint density at radius 2 is 2.38 bits per heavy atom. The van der Waals surface area contributed by atoms with Crippen molar-refractivity contribution in [3.05, 3.63) is 29.8 Å². The highest BCUT2D eigenvalue weighted by molar-refractivity contribution is 7.78. The molecular formula is C9H6ClNOS. The average molecular weight is 212 g/mol. The van der Waals surface area contributed by atoms with Crippen molar-refractivity contribution < 1.29 is 4.79 Å². The molecule has 0 heterocycles. The molecule has 0 aromatic heterocycles. The van der Waals surface area contributed by atoms with Crippen LogP contribution in [0.1, 0.15) is 5.56 Å². The monoisotopic (exact) mass is 211 g/mol. The van der Waals surface area contributed by atoms with Crippen molar-refractivity contribution in [3.8, 4) is 0 Å². The molecule has 1 aromatic carbocycles. The van der Waals surface area contributed by atoms with Crippen molar-refractivity contribution in [3.63, 3.8) is 0 Å². The van der Waals surface area contributed by atoms with Crippen LogP contribution in [0.5, 0.6) is 0 Å². The fourth-order valence-corrected chi connectivity index (χ4v) is 1.21. The highest BCUT2D eigenvalue weighted by Crippen LogP contribution is 2.14. The van der Waals surface area contributed by atoms with Crippen LogP contribution >= 0.6 is 23.8 Å². The van der Waals surface area contributed by atoms with Gasteiger partial charge >= 0.3 is 0 Å². The van der Waals surface area contributed by atoms with Gasteiger partial charge in [-0.2, -0.15) is 4.99 Å². The highest BCUT2D eigenvalue weighted by atomic mass is 35.5. The van der Waals surface area contributed by atoms with Gasteiger partial charge in [-0.3, -0.25) is 4.79 Å². The lowest BCUT2D eigenvalue weighted by Crippen LogP contribution is -1.92. The Morgan fingerprint density at radius 3 is 3.00 bits per heavy atom. The van der Waals surface area contributed by atoms with E-state index in [-0.39, 0.29) is 11.7 Å². The number of carbonyl (C=O) groups is 1. The summed E-state index contributed by atoms with van der Waals surface area (Å²) in [5.41, 5.74) is 1.51. The first kappa shape index (κ1) is 10.1. The zero-order chi connectivity index (χ0) is 9.68. The molecule has 0 aliphatic heterocycles. The van der Waals surface area contributed by atoms with Crippen LogP contribution in [0, 0.1) is 0 Å². The smallest absolute Gasteiger partial charge is 0.226 e. The molecule has 0 atom stereocenters. The lowest BCUT2D eigenvalue weighted by molar-refractivity contribution is -0.111. The first-order valence-corrected chi connectivity index (χ1v) is 4.36. The number of thiocarbonyl (C=S) groups is 1. The van der Waals surface area contributed by atoms with Crippen molar-refractivity contribution in [2.24, 2.45) is 4.99 Å². The van der Waals surface area contributed by atoms with E-state index in [2.05, 4.69) is 22.4 Å². The summed E-state index contributed by atoms with van der Waals surface area (Å²) < 4.78 is 0. The standard InChI is InChI=1S/C9H6ClNOS/c10-9(12)5-7-2-1-3-8(4-7)11-6-13/h1-4H,5H2. The Bertz CT molecular complexity index is 372. The molecule has 1 aromatic rings. The number of halogens is 1. The van der Waals surface area contributed by atoms with E-state index in [1.165, 1.54) is 0 Å². The molecule has 0 bridgehead atoms. The molecule has 2 nitrogen and oxygen atoms in total. The molecule has 0 unspecified atom stereocenters. The molecule has 1 rings (SSSR count). The second kappa shape index (κ2) is 4.87. The molecule has 0 spiro atoms. The first-order valence-electron chi connectivity index (χ1n) is 3.57. The summed E-state index contributed by atoms with van der Waals surface area (Å²) in [4.78, 5) is 14.4. The van der Waals surface area contributed by atoms with Gasteiger partial charge < -0.3 is 0 Å². The zero-order valence-electron chi connectivity index (χ0n) is 6.66. The average Bonchev–Trinajstić information content (AvgIpc) is 2.04. The molecule has 0 N–H and O–H groups in total. The maximum Gasteiger partial charge on any atom is 0.226 e. The van der Waals surface area contributed by atoms with E-state index in [4.69, 9.17) is 11.6 Å². The number of aliphatic imine (C=N–C) groups is 1. The third kappa shape index (κ3) is 3.47. The lowest BCUT2D eigenvalue weighted by Gasteiger charge is -1.96. The van der Waals surface area contributed by atoms with Gasteiger partial charge in [0, 0.05) is 6.42 Å². The van der Waals surface area contributed by atoms with E-state index in [0.717, 1.165) is 5.56 Å². The molecule has 66 valence electrons. The first-order chi connectivity index (χ1) is 6.22. The summed E-state index contributed by atoms with van der Waals surface area (Å²) in [5, 5.41) is 1.87. The molecule has 0 radical (unpaired) electrons. The third-order valence-corrected chi connectivity index (χ3v) is 1.65. The van der Waals surface area contributed by atoms with E-state index < -0.39 is 0 Å². The maximum atomic E-state index is 10.6. The molecule has 0 amide bonds. The van der Waals surface area contributed by atoms with E-state index in [1.54, 1.807) is 18.2 Å². The summed E-state index contributed by atoms with van der Waals surface area (Å²) in [5.74, 6) is 0. The Balaban J connectivity index is 2.91. The minimum Gasteiger partial charge on any atom is -0.281 e. The SMILES string of the molecule is O=C(Cl)Cc1cccc(N=C=S)c1. The van der Waals surface area contributed by atoms with Crippen LogP contribution in [0.3, 0.4) is 0 Å². The number of rotatable bonds is 3. The van der Waals surface area contributed by atoms with E-state index in [0.29, 0.717) is 5.69 Å². The van der Waals surface area contributed by atoms with Gasteiger partial charge in [0.15, 0.2) is 0 Å². The molecular weight excluding hydrogens is 206 g/mol. The number of carbonyl (C=O) groups excluding carboxylic acids is 1. The van der Waals surface area contributed by atoms with E-state index in [9.17, 15) is 4.79 Å². The zero-order valence-corrected chi connectivity index (χ0v) is 8.23. The van der Waals surface area contributed by atoms with Crippen LogP contribution in [0.25, 0.3) is 0 Å². The largest absolute Gasteiger partial charge is 0.281 e. The Labute approximate surface area is 86.2 Å². The molecule has 13 heavy (non-hydrogen) atoms. The highest BCUT2D eigenvalue weighted by Gasteiger charge is 1.99. The summed E-state index contributed by atoms with van der Waals surface area (Å²) in [6.07, 6.45) is 0.211. The summed E-state index contributed by atoms with van der Waals surface area (Å²) in [7, 11) is 0. The fraction of sp³-hybridized carbons (Fsp3) is 0.111. The fourth-order valence-electron chi connectivity index (χ4n) is 0.949. The Morgan fingerprint density at radius 1 is 1.62 bits per heavy atom. The lowest BCUT2D eigenvalue weighted by atomic mass is 10.1. The van der Waals surface area contributed by atoms with E-state index in [1.807, 2.05) is 6.07 Å². The van der Waals surface area contributed by atoms with Gasteiger partial charge in [0.05, 0.1) is 10.8 Å². The van der Waals surface area contributed by atoms with Crippen LogP contribution in [-0.4, -0.2) is 10.4 Å². The van der Waals surface area contributed by atoms with Gasteiger partial charge in [0.25, 0.3) is 0 Å². The van der Waals surface area contributed by atoms with Gasteiger partial charge in [0.2, 0.25) is 5.24 Å². The van der Waals surface area contributed by atoms with Gasteiger partial charge in [-0.05, 0) is 41.5 Å². The minimum atomic E-state index is -0.386. The van der Waals surface area contributed by atoms with Crippen molar-refractivity contribution >= 4 is 39.9 Å². The topological polar surface area (TPSA) is 29.4 Å². The van der Waals surface area contributed by atoms with Gasteiger partial charge in [-0.1, -0.05) is 12.1 Å². The number of nitrogens with zero attached hydrogens (tertiary/aromatic N) is 1. The van der Waals surface area contributed by atoms with Gasteiger partial charge in [-0.25, -0.2) is 0 Å². The number of isothiocyanates is 1. The second-order valence-corrected chi connectivity index (χ2v) is 3.01. The van der Waals surface area contributed by atoms with Gasteiger partial charge in [0.1, 0.15) is 0 Å². The predicted molar refractivity (Wildman–Crippen MR) is 55.7 cm³/mol. The minimum absolute atomic E-state index is 0.211. The summed E-state index contributed by atoms with van der Waals surface area (Å²) in [6.45, 7) is 0. The predicted octanol–water partition coefficient (Wildman–Crippen LogP) is 2.73. The molecule has 0 saturated carbocycles.